The zero-order valence-electron chi connectivity index (χ0n) is 19.7. The molecule has 33 heavy (non-hydrogen) atoms. The monoisotopic (exact) mass is 465 g/mol. The van der Waals surface area contributed by atoms with Gasteiger partial charge in [0.25, 0.3) is 11.8 Å². The lowest BCUT2D eigenvalue weighted by Crippen LogP contribution is -2.31. The van der Waals surface area contributed by atoms with Crippen LogP contribution in [0.2, 0.25) is 0 Å². The highest BCUT2D eigenvalue weighted by Crippen LogP contribution is 2.39. The molecule has 5 nitrogen and oxygen atoms in total. The van der Waals surface area contributed by atoms with Crippen LogP contribution in [0.25, 0.3) is 6.08 Å². The van der Waals surface area contributed by atoms with E-state index in [0.29, 0.717) is 22.7 Å². The molecule has 0 spiro atoms. The van der Waals surface area contributed by atoms with Gasteiger partial charge in [0.1, 0.15) is 0 Å². The molecule has 0 bridgehead atoms. The quantitative estimate of drug-likeness (QED) is 0.307. The zero-order chi connectivity index (χ0) is 23.5. The molecule has 1 heterocycles. The Balaban J connectivity index is 1.53. The van der Waals surface area contributed by atoms with Gasteiger partial charge in [0.05, 0.1) is 10.6 Å². The molecular weight excluding hydrogens is 430 g/mol. The highest BCUT2D eigenvalue weighted by molar-refractivity contribution is 8.04. The summed E-state index contributed by atoms with van der Waals surface area (Å²) in [6.45, 7) is 8.36. The van der Waals surface area contributed by atoms with E-state index in [4.69, 9.17) is 0 Å². The molecule has 0 radical (unpaired) electrons. The van der Waals surface area contributed by atoms with E-state index in [1.165, 1.54) is 37.4 Å². The number of hydrogen-bond donors (Lipinski definition) is 2. The van der Waals surface area contributed by atoms with Crippen LogP contribution in [-0.4, -0.2) is 42.9 Å². The highest BCUT2D eigenvalue weighted by Gasteiger charge is 2.22. The summed E-state index contributed by atoms with van der Waals surface area (Å²) < 4.78 is 0. The molecule has 1 aliphatic rings. The van der Waals surface area contributed by atoms with Crippen LogP contribution >= 0.6 is 11.8 Å². The van der Waals surface area contributed by atoms with E-state index >= 15 is 0 Å². The minimum Gasteiger partial charge on any atom is -0.352 e. The smallest absolute Gasteiger partial charge is 0.262 e. The first-order valence-corrected chi connectivity index (χ1v) is 12.8. The molecule has 0 aromatic heterocycles. The van der Waals surface area contributed by atoms with Crippen LogP contribution in [0.1, 0.15) is 61.9 Å². The number of carbonyl (C=O) groups is 2. The Morgan fingerprint density at radius 1 is 1.00 bits per heavy atom. The summed E-state index contributed by atoms with van der Waals surface area (Å²) in [5.74, 6) is -0.246. The van der Waals surface area contributed by atoms with Crippen LogP contribution in [0.4, 0.5) is 5.69 Å². The SMILES string of the molecule is CCCCN(CCCC)CCCNC(=O)c1ccc2c(c1)NC(=O)C(=Cc1ccccc1)S2. The number of hydrogen-bond acceptors (Lipinski definition) is 4. The number of unbranched alkanes of at least 4 members (excludes halogenated alkanes) is 2. The van der Waals surface area contributed by atoms with Gasteiger partial charge in [-0.15, -0.1) is 0 Å². The molecule has 0 saturated carbocycles. The summed E-state index contributed by atoms with van der Waals surface area (Å²) in [7, 11) is 0. The number of nitrogens with one attached hydrogen (secondary N) is 2. The van der Waals surface area contributed by atoms with Crippen LogP contribution in [0.5, 0.6) is 0 Å². The van der Waals surface area contributed by atoms with Crippen molar-refractivity contribution in [2.75, 3.05) is 31.5 Å². The third kappa shape index (κ3) is 7.76. The second kappa shape index (κ2) is 13.2. The van der Waals surface area contributed by atoms with E-state index in [1.807, 2.05) is 48.5 Å². The van der Waals surface area contributed by atoms with Crippen LogP contribution < -0.4 is 10.6 Å². The number of amides is 2. The van der Waals surface area contributed by atoms with Crippen molar-refractivity contribution in [1.82, 2.24) is 10.2 Å². The van der Waals surface area contributed by atoms with Crippen molar-refractivity contribution in [1.29, 1.82) is 0 Å². The third-order valence-corrected chi connectivity index (χ3v) is 6.72. The number of fused-ring (bicyclic) bond motifs is 1. The van der Waals surface area contributed by atoms with Crippen molar-refractivity contribution in [3.05, 3.63) is 64.6 Å². The maximum absolute atomic E-state index is 12.7. The summed E-state index contributed by atoms with van der Waals surface area (Å²) in [5.41, 5.74) is 2.24. The van der Waals surface area contributed by atoms with Crippen molar-refractivity contribution in [2.24, 2.45) is 0 Å². The molecule has 2 aromatic carbocycles. The first kappa shape index (κ1) is 25.1. The predicted molar refractivity (Wildman–Crippen MR) is 139 cm³/mol. The minimum absolute atomic E-state index is 0.101. The molecule has 0 saturated heterocycles. The van der Waals surface area contributed by atoms with Gasteiger partial charge in [0.2, 0.25) is 0 Å². The Labute approximate surface area is 202 Å². The van der Waals surface area contributed by atoms with E-state index in [-0.39, 0.29) is 11.8 Å². The zero-order valence-corrected chi connectivity index (χ0v) is 20.5. The Morgan fingerprint density at radius 3 is 2.39 bits per heavy atom. The molecule has 176 valence electrons. The largest absolute Gasteiger partial charge is 0.352 e. The number of rotatable bonds is 12. The van der Waals surface area contributed by atoms with Gasteiger partial charge in [0.15, 0.2) is 0 Å². The molecule has 2 N–H and O–H groups in total. The third-order valence-electron chi connectivity index (χ3n) is 5.62. The predicted octanol–water partition coefficient (Wildman–Crippen LogP) is 5.79. The number of nitrogens with zero attached hydrogens (tertiary/aromatic N) is 1. The molecule has 0 atom stereocenters. The van der Waals surface area contributed by atoms with Gasteiger partial charge in [0, 0.05) is 17.0 Å². The van der Waals surface area contributed by atoms with Crippen LogP contribution in [0, 0.1) is 0 Å². The standard InChI is InChI=1S/C27H35N3O2S/c1-3-5-16-30(17-6-4-2)18-10-15-28-26(31)22-13-14-24-23(20-22)29-27(32)25(33-24)19-21-11-8-7-9-12-21/h7-9,11-14,19-20H,3-6,10,15-18H2,1-2H3,(H,28,31)(H,29,32). The summed E-state index contributed by atoms with van der Waals surface area (Å²) in [5, 5.41) is 5.96. The van der Waals surface area contributed by atoms with Gasteiger partial charge in [-0.05, 0) is 68.7 Å². The van der Waals surface area contributed by atoms with Crippen LogP contribution in [0.15, 0.2) is 58.3 Å². The Hall–Kier alpha value is -2.57. The average Bonchev–Trinajstić information content (AvgIpc) is 2.83. The number of anilines is 1. The van der Waals surface area contributed by atoms with Gasteiger partial charge in [-0.1, -0.05) is 68.8 Å². The minimum atomic E-state index is -0.145. The lowest BCUT2D eigenvalue weighted by atomic mass is 10.1. The second-order valence-electron chi connectivity index (χ2n) is 8.34. The summed E-state index contributed by atoms with van der Waals surface area (Å²) in [6, 6.07) is 15.3. The highest BCUT2D eigenvalue weighted by atomic mass is 32.2. The lowest BCUT2D eigenvalue weighted by Gasteiger charge is -2.22. The molecule has 0 fully saturated rings. The van der Waals surface area contributed by atoms with Crippen LogP contribution in [-0.2, 0) is 4.79 Å². The van der Waals surface area contributed by atoms with E-state index in [9.17, 15) is 9.59 Å². The first-order valence-electron chi connectivity index (χ1n) is 12.0. The first-order chi connectivity index (χ1) is 16.1. The van der Waals surface area contributed by atoms with Gasteiger partial charge in [-0.2, -0.15) is 0 Å². The Morgan fingerprint density at radius 2 is 1.70 bits per heavy atom. The maximum Gasteiger partial charge on any atom is 0.262 e. The number of benzene rings is 2. The van der Waals surface area contributed by atoms with Crippen molar-refractivity contribution in [2.45, 2.75) is 50.8 Å². The Kier molecular flexibility index (Phi) is 10.0. The van der Waals surface area contributed by atoms with Crippen LogP contribution in [0.3, 0.4) is 0 Å². The maximum atomic E-state index is 12.7. The fraction of sp³-hybridized carbons (Fsp3) is 0.407. The van der Waals surface area contributed by atoms with E-state index in [0.717, 1.165) is 36.5 Å². The van der Waals surface area contributed by atoms with Crippen molar-refractivity contribution in [3.63, 3.8) is 0 Å². The molecular formula is C27H35N3O2S. The average molecular weight is 466 g/mol. The summed E-state index contributed by atoms with van der Waals surface area (Å²) >= 11 is 1.43. The molecule has 3 rings (SSSR count). The molecule has 2 amide bonds. The van der Waals surface area contributed by atoms with Gasteiger partial charge >= 0.3 is 0 Å². The van der Waals surface area contributed by atoms with Crippen molar-refractivity contribution < 1.29 is 9.59 Å². The van der Waals surface area contributed by atoms with Crippen molar-refractivity contribution >= 4 is 35.3 Å². The van der Waals surface area contributed by atoms with Gasteiger partial charge < -0.3 is 15.5 Å². The summed E-state index contributed by atoms with van der Waals surface area (Å²) in [6.07, 6.45) is 7.67. The molecule has 2 aromatic rings. The van der Waals surface area contributed by atoms with E-state index in [1.54, 1.807) is 6.07 Å². The van der Waals surface area contributed by atoms with E-state index < -0.39 is 0 Å². The molecule has 6 heteroatoms. The summed E-state index contributed by atoms with van der Waals surface area (Å²) in [4.78, 5) is 29.3. The van der Waals surface area contributed by atoms with Gasteiger partial charge in [-0.25, -0.2) is 0 Å². The Bertz CT molecular complexity index is 951. The normalized spacial score (nSPS) is 14.3. The van der Waals surface area contributed by atoms with Gasteiger partial charge in [-0.3, -0.25) is 9.59 Å². The fourth-order valence-electron chi connectivity index (χ4n) is 3.71. The second-order valence-corrected chi connectivity index (χ2v) is 9.43. The molecule has 1 aliphatic heterocycles. The number of thioether (sulfide) groups is 1. The lowest BCUT2D eigenvalue weighted by molar-refractivity contribution is -0.112. The fourth-order valence-corrected chi connectivity index (χ4v) is 4.64. The number of carbonyl (C=O) groups excluding carboxylic acids is 2. The molecule has 0 unspecified atom stereocenters. The molecule has 0 aliphatic carbocycles. The van der Waals surface area contributed by atoms with Crippen molar-refractivity contribution in [3.8, 4) is 0 Å². The van der Waals surface area contributed by atoms with E-state index in [2.05, 4.69) is 29.4 Å². The topological polar surface area (TPSA) is 61.4 Å².